The van der Waals surface area contributed by atoms with Gasteiger partial charge in [0.1, 0.15) is 6.17 Å². The van der Waals surface area contributed by atoms with Gasteiger partial charge >= 0.3 is 5.97 Å². The third kappa shape index (κ3) is 11.1. The first kappa shape index (κ1) is 19.3. The summed E-state index contributed by atoms with van der Waals surface area (Å²) in [6.07, 6.45) is 5.20. The number of hydrogen-bond acceptors (Lipinski definition) is 1. The molecule has 5 heteroatoms. The van der Waals surface area contributed by atoms with E-state index in [0.717, 1.165) is 51.4 Å². The Balaban J connectivity index is 3.22. The van der Waals surface area contributed by atoms with Gasteiger partial charge in [0.05, 0.1) is 6.67 Å². The lowest BCUT2D eigenvalue weighted by molar-refractivity contribution is -0.145. The molecule has 0 aliphatic rings. The Morgan fingerprint density at radius 1 is 0.800 bits per heavy atom. The highest BCUT2D eigenvalue weighted by atomic mass is 19.2. The van der Waals surface area contributed by atoms with Gasteiger partial charge in [-0.1, -0.05) is 57.8 Å². The van der Waals surface area contributed by atoms with E-state index in [1.807, 2.05) is 0 Å². The van der Waals surface area contributed by atoms with Crippen molar-refractivity contribution in [2.24, 2.45) is 0 Å². The summed E-state index contributed by atoms with van der Waals surface area (Å²) >= 11 is 0. The Bertz CT molecular complexity index is 237. The van der Waals surface area contributed by atoms with Crippen molar-refractivity contribution in [2.45, 2.75) is 83.0 Å². The van der Waals surface area contributed by atoms with Crippen molar-refractivity contribution >= 4 is 5.97 Å². The van der Waals surface area contributed by atoms with Crippen LogP contribution in [-0.4, -0.2) is 30.1 Å². The van der Waals surface area contributed by atoms with Gasteiger partial charge in [0, 0.05) is 0 Å². The van der Waals surface area contributed by atoms with Crippen LogP contribution in [0, 0.1) is 0 Å². The van der Waals surface area contributed by atoms with Crippen LogP contribution in [0.5, 0.6) is 0 Å². The Morgan fingerprint density at radius 2 is 1.20 bits per heavy atom. The van der Waals surface area contributed by atoms with Gasteiger partial charge in [-0.25, -0.2) is 13.6 Å². The second-order valence-corrected chi connectivity index (χ2v) is 5.27. The highest BCUT2D eigenvalue weighted by molar-refractivity contribution is 5.72. The smallest absolute Gasteiger partial charge is 0.341 e. The van der Waals surface area contributed by atoms with E-state index in [4.69, 9.17) is 5.11 Å². The van der Waals surface area contributed by atoms with E-state index >= 15 is 0 Å². The van der Waals surface area contributed by atoms with Crippen LogP contribution >= 0.6 is 0 Å². The predicted molar refractivity (Wildman–Crippen MR) is 74.2 cm³/mol. The molecule has 0 amide bonds. The summed E-state index contributed by atoms with van der Waals surface area (Å²) in [6, 6.07) is 0. The van der Waals surface area contributed by atoms with Crippen molar-refractivity contribution in [3.05, 3.63) is 0 Å². The summed E-state index contributed by atoms with van der Waals surface area (Å²) in [5.41, 5.74) is 0. The van der Waals surface area contributed by atoms with E-state index in [2.05, 4.69) is 0 Å². The average Bonchev–Trinajstić information content (AvgIpc) is 2.43. The SMILES string of the molecule is O=C(O)C(F)C(F)CCCCCCCCCCCCF. The van der Waals surface area contributed by atoms with Gasteiger partial charge in [0.25, 0.3) is 0 Å². The zero-order valence-corrected chi connectivity index (χ0v) is 12.1. The molecule has 120 valence electrons. The van der Waals surface area contributed by atoms with Crippen LogP contribution in [0.25, 0.3) is 0 Å². The molecule has 2 unspecified atom stereocenters. The van der Waals surface area contributed by atoms with Crippen LogP contribution in [0.3, 0.4) is 0 Å². The number of carboxylic acid groups (broad SMARTS) is 1. The van der Waals surface area contributed by atoms with E-state index in [1.54, 1.807) is 0 Å². The lowest BCUT2D eigenvalue weighted by Crippen LogP contribution is -2.26. The molecule has 1 N–H and O–H groups in total. The summed E-state index contributed by atoms with van der Waals surface area (Å²) in [5, 5.41) is 8.29. The van der Waals surface area contributed by atoms with Crippen LogP contribution in [0.4, 0.5) is 13.2 Å². The molecule has 20 heavy (non-hydrogen) atoms. The number of alkyl halides is 3. The van der Waals surface area contributed by atoms with Crippen molar-refractivity contribution < 1.29 is 23.1 Å². The maximum Gasteiger partial charge on any atom is 0.341 e. The van der Waals surface area contributed by atoms with Gasteiger partial charge in [-0.15, -0.1) is 0 Å². The van der Waals surface area contributed by atoms with Gasteiger partial charge in [0.15, 0.2) is 0 Å². The maximum absolute atomic E-state index is 13.0. The second-order valence-electron chi connectivity index (χ2n) is 5.27. The monoisotopic (exact) mass is 296 g/mol. The molecule has 2 nitrogen and oxygen atoms in total. The van der Waals surface area contributed by atoms with Crippen molar-refractivity contribution in [3.8, 4) is 0 Å². The average molecular weight is 296 g/mol. The summed E-state index contributed by atoms with van der Waals surface area (Å²) < 4.78 is 37.6. The fraction of sp³-hybridized carbons (Fsp3) is 0.933. The highest BCUT2D eigenvalue weighted by Gasteiger charge is 2.26. The zero-order chi connectivity index (χ0) is 15.2. The fourth-order valence-electron chi connectivity index (χ4n) is 2.15. The Morgan fingerprint density at radius 3 is 1.60 bits per heavy atom. The van der Waals surface area contributed by atoms with E-state index in [0.29, 0.717) is 12.8 Å². The van der Waals surface area contributed by atoms with Crippen molar-refractivity contribution in [1.82, 2.24) is 0 Å². The number of hydrogen-bond donors (Lipinski definition) is 1. The fourth-order valence-corrected chi connectivity index (χ4v) is 2.15. The number of rotatable bonds is 14. The van der Waals surface area contributed by atoms with E-state index in [-0.39, 0.29) is 13.1 Å². The summed E-state index contributed by atoms with van der Waals surface area (Å²) in [7, 11) is 0. The van der Waals surface area contributed by atoms with Crippen LogP contribution < -0.4 is 0 Å². The topological polar surface area (TPSA) is 37.3 Å². The van der Waals surface area contributed by atoms with Crippen LogP contribution in [-0.2, 0) is 4.79 Å². The second kappa shape index (κ2) is 13.3. The molecule has 0 heterocycles. The van der Waals surface area contributed by atoms with Gasteiger partial charge in [-0.05, 0) is 12.8 Å². The summed E-state index contributed by atoms with van der Waals surface area (Å²) in [6.45, 7) is -0.225. The normalized spacial score (nSPS) is 14.2. The third-order valence-electron chi connectivity index (χ3n) is 3.42. The number of unbranched alkanes of at least 4 members (excludes halogenated alkanes) is 9. The molecule has 2 atom stereocenters. The molecule has 0 spiro atoms. The first-order valence-corrected chi connectivity index (χ1v) is 7.66. The third-order valence-corrected chi connectivity index (χ3v) is 3.42. The van der Waals surface area contributed by atoms with E-state index in [1.165, 1.54) is 0 Å². The zero-order valence-electron chi connectivity index (χ0n) is 12.1. The van der Waals surface area contributed by atoms with Crippen molar-refractivity contribution in [1.29, 1.82) is 0 Å². The molecule has 0 bridgehead atoms. The van der Waals surface area contributed by atoms with Crippen LogP contribution in [0.2, 0.25) is 0 Å². The number of halogens is 3. The number of carboxylic acids is 1. The van der Waals surface area contributed by atoms with E-state index < -0.39 is 18.3 Å². The van der Waals surface area contributed by atoms with Gasteiger partial charge in [0.2, 0.25) is 6.17 Å². The van der Waals surface area contributed by atoms with Gasteiger partial charge < -0.3 is 5.11 Å². The quantitative estimate of drug-likeness (QED) is 0.458. The number of carbonyl (C=O) groups is 1. The van der Waals surface area contributed by atoms with Crippen LogP contribution in [0.1, 0.15) is 70.6 Å². The molecule has 0 aromatic rings. The Kier molecular flexibility index (Phi) is 12.8. The lowest BCUT2D eigenvalue weighted by Gasteiger charge is -2.09. The largest absolute Gasteiger partial charge is 0.479 e. The summed E-state index contributed by atoms with van der Waals surface area (Å²) in [4.78, 5) is 10.2. The van der Waals surface area contributed by atoms with Crippen LogP contribution in [0.15, 0.2) is 0 Å². The summed E-state index contributed by atoms with van der Waals surface area (Å²) in [5.74, 6) is -1.72. The standard InChI is InChI=1S/C15H27F3O2/c16-12-10-8-6-4-2-1-3-5-7-9-11-13(17)14(18)15(19)20/h13-14H,1-12H2,(H,19,20). The molecule has 0 aromatic carbocycles. The molecule has 0 rings (SSSR count). The van der Waals surface area contributed by atoms with Gasteiger partial charge in [-0.3, -0.25) is 4.39 Å². The lowest BCUT2D eigenvalue weighted by atomic mass is 10.0. The molecule has 0 aliphatic carbocycles. The predicted octanol–water partition coefficient (Wildman–Crippen LogP) is 5.01. The molecule has 0 saturated heterocycles. The molecule has 0 fully saturated rings. The Hall–Kier alpha value is -0.740. The first-order valence-electron chi connectivity index (χ1n) is 7.66. The van der Waals surface area contributed by atoms with Crippen molar-refractivity contribution in [2.75, 3.05) is 6.67 Å². The molecular formula is C15H27F3O2. The molecule has 0 aliphatic heterocycles. The number of aliphatic carboxylic acids is 1. The maximum atomic E-state index is 13.0. The minimum absolute atomic E-state index is 0.0172. The first-order chi connectivity index (χ1) is 9.59. The minimum atomic E-state index is -2.39. The van der Waals surface area contributed by atoms with E-state index in [9.17, 15) is 18.0 Å². The minimum Gasteiger partial charge on any atom is -0.479 e. The molecular weight excluding hydrogens is 269 g/mol. The van der Waals surface area contributed by atoms with Gasteiger partial charge in [-0.2, -0.15) is 0 Å². The highest BCUT2D eigenvalue weighted by Crippen LogP contribution is 2.15. The molecule has 0 saturated carbocycles. The van der Waals surface area contributed by atoms with Crippen molar-refractivity contribution in [3.63, 3.8) is 0 Å². The molecule has 0 radical (unpaired) electrons. The molecule has 0 aromatic heterocycles. The Labute approximate surface area is 119 Å².